The zero-order chi connectivity index (χ0) is 13.5. The van der Waals surface area contributed by atoms with Gasteiger partial charge in [0.05, 0.1) is 12.6 Å². The molecule has 0 aromatic carbocycles. The van der Waals surface area contributed by atoms with E-state index in [9.17, 15) is 9.59 Å². The van der Waals surface area contributed by atoms with Gasteiger partial charge in [-0.1, -0.05) is 0 Å². The third-order valence-electron chi connectivity index (χ3n) is 3.16. The molecule has 18 heavy (non-hydrogen) atoms. The van der Waals surface area contributed by atoms with E-state index in [0.717, 1.165) is 31.7 Å². The highest BCUT2D eigenvalue weighted by molar-refractivity contribution is 7.98. The molecule has 1 atom stereocenters. The SMILES string of the molecule is CSCC[C@@H](N)C(=O)N(C)CC(=O)N1CCCC1. The van der Waals surface area contributed by atoms with E-state index in [-0.39, 0.29) is 18.4 Å². The van der Waals surface area contributed by atoms with Crippen molar-refractivity contribution in [1.29, 1.82) is 0 Å². The van der Waals surface area contributed by atoms with Crippen LogP contribution in [0.15, 0.2) is 0 Å². The van der Waals surface area contributed by atoms with Gasteiger partial charge < -0.3 is 15.5 Å². The maximum Gasteiger partial charge on any atom is 0.242 e. The van der Waals surface area contributed by atoms with Gasteiger partial charge >= 0.3 is 0 Å². The molecule has 2 N–H and O–H groups in total. The number of carbonyl (C=O) groups excluding carboxylic acids is 2. The predicted octanol–water partition coefficient (Wildman–Crippen LogP) is 0.148. The highest BCUT2D eigenvalue weighted by atomic mass is 32.2. The van der Waals surface area contributed by atoms with E-state index in [1.807, 2.05) is 11.2 Å². The van der Waals surface area contributed by atoms with Crippen LogP contribution in [0.2, 0.25) is 0 Å². The van der Waals surface area contributed by atoms with Crippen molar-refractivity contribution in [2.75, 3.05) is 38.7 Å². The largest absolute Gasteiger partial charge is 0.341 e. The second-order valence-electron chi connectivity index (χ2n) is 4.67. The number of amides is 2. The first-order valence-corrected chi connectivity index (χ1v) is 7.73. The van der Waals surface area contributed by atoms with Crippen molar-refractivity contribution in [3.05, 3.63) is 0 Å². The van der Waals surface area contributed by atoms with Gasteiger partial charge in [0, 0.05) is 20.1 Å². The Kier molecular flexibility index (Phi) is 6.49. The topological polar surface area (TPSA) is 66.6 Å². The van der Waals surface area contributed by atoms with Crippen molar-refractivity contribution in [3.8, 4) is 0 Å². The number of hydrogen-bond acceptors (Lipinski definition) is 4. The lowest BCUT2D eigenvalue weighted by atomic mass is 10.2. The molecule has 5 nitrogen and oxygen atoms in total. The summed E-state index contributed by atoms with van der Waals surface area (Å²) in [5, 5.41) is 0. The Hall–Kier alpha value is -0.750. The summed E-state index contributed by atoms with van der Waals surface area (Å²) in [5.41, 5.74) is 5.80. The molecular formula is C12H23N3O2S. The summed E-state index contributed by atoms with van der Waals surface area (Å²) in [7, 11) is 1.65. The molecule has 0 spiro atoms. The van der Waals surface area contributed by atoms with Gasteiger partial charge in [-0.05, 0) is 31.3 Å². The Morgan fingerprint density at radius 3 is 2.56 bits per heavy atom. The molecule has 0 aromatic rings. The van der Waals surface area contributed by atoms with Crippen LogP contribution in [0.25, 0.3) is 0 Å². The standard InChI is InChI=1S/C12H23N3O2S/c1-14(12(17)10(13)5-8-18-2)9-11(16)15-6-3-4-7-15/h10H,3-9,13H2,1-2H3/t10-/m1/s1. The first kappa shape index (κ1) is 15.3. The van der Waals surface area contributed by atoms with Crippen molar-refractivity contribution < 1.29 is 9.59 Å². The van der Waals surface area contributed by atoms with Gasteiger partial charge in [0.15, 0.2) is 0 Å². The fraction of sp³-hybridized carbons (Fsp3) is 0.833. The van der Waals surface area contributed by atoms with Gasteiger partial charge in [-0.25, -0.2) is 0 Å². The van der Waals surface area contributed by atoms with Gasteiger partial charge in [-0.15, -0.1) is 0 Å². The van der Waals surface area contributed by atoms with Crippen LogP contribution in [-0.2, 0) is 9.59 Å². The molecule has 0 aromatic heterocycles. The van der Waals surface area contributed by atoms with Crippen LogP contribution in [0.5, 0.6) is 0 Å². The molecule has 0 bridgehead atoms. The molecule has 0 saturated carbocycles. The summed E-state index contributed by atoms with van der Waals surface area (Å²) in [5.74, 6) is 0.748. The Bertz CT molecular complexity index is 293. The second-order valence-corrected chi connectivity index (χ2v) is 5.66. The molecule has 1 fully saturated rings. The molecule has 1 saturated heterocycles. The molecular weight excluding hydrogens is 250 g/mol. The quantitative estimate of drug-likeness (QED) is 0.748. The van der Waals surface area contributed by atoms with Crippen LogP contribution in [-0.4, -0.2) is 66.3 Å². The zero-order valence-electron chi connectivity index (χ0n) is 11.2. The summed E-state index contributed by atoms with van der Waals surface area (Å²) in [6.45, 7) is 1.78. The Morgan fingerprint density at radius 2 is 2.00 bits per heavy atom. The van der Waals surface area contributed by atoms with Crippen molar-refractivity contribution in [3.63, 3.8) is 0 Å². The number of rotatable bonds is 6. The van der Waals surface area contributed by atoms with Gasteiger partial charge in [0.1, 0.15) is 0 Å². The zero-order valence-corrected chi connectivity index (χ0v) is 12.0. The van der Waals surface area contributed by atoms with Crippen LogP contribution in [0, 0.1) is 0 Å². The number of thioether (sulfide) groups is 1. The van der Waals surface area contributed by atoms with E-state index in [4.69, 9.17) is 5.73 Å². The van der Waals surface area contributed by atoms with Crippen molar-refractivity contribution >= 4 is 23.6 Å². The molecule has 2 amide bonds. The second kappa shape index (κ2) is 7.63. The third kappa shape index (κ3) is 4.49. The van der Waals surface area contributed by atoms with E-state index in [0.29, 0.717) is 6.42 Å². The summed E-state index contributed by atoms with van der Waals surface area (Å²) >= 11 is 1.67. The third-order valence-corrected chi connectivity index (χ3v) is 3.80. The lowest BCUT2D eigenvalue weighted by Crippen LogP contribution is -2.46. The van der Waals surface area contributed by atoms with Crippen molar-refractivity contribution in [2.24, 2.45) is 5.73 Å². The molecule has 0 radical (unpaired) electrons. The average Bonchev–Trinajstić information content (AvgIpc) is 2.88. The van der Waals surface area contributed by atoms with Crippen LogP contribution >= 0.6 is 11.8 Å². The minimum atomic E-state index is -0.492. The van der Waals surface area contributed by atoms with Gasteiger partial charge in [0.25, 0.3) is 0 Å². The van der Waals surface area contributed by atoms with Gasteiger partial charge in [-0.3, -0.25) is 9.59 Å². The highest BCUT2D eigenvalue weighted by Gasteiger charge is 2.23. The lowest BCUT2D eigenvalue weighted by Gasteiger charge is -2.23. The monoisotopic (exact) mass is 273 g/mol. The predicted molar refractivity (Wildman–Crippen MR) is 74.4 cm³/mol. The molecule has 1 aliphatic heterocycles. The fourth-order valence-electron chi connectivity index (χ4n) is 2.00. The minimum absolute atomic E-state index is 0.0282. The molecule has 104 valence electrons. The van der Waals surface area contributed by atoms with E-state index >= 15 is 0 Å². The first-order chi connectivity index (χ1) is 8.56. The van der Waals surface area contributed by atoms with Gasteiger partial charge in [-0.2, -0.15) is 11.8 Å². The Labute approximate surface area is 113 Å². The Morgan fingerprint density at radius 1 is 1.39 bits per heavy atom. The van der Waals surface area contributed by atoms with Gasteiger partial charge in [0.2, 0.25) is 11.8 Å². The number of hydrogen-bond donors (Lipinski definition) is 1. The van der Waals surface area contributed by atoms with E-state index in [1.165, 1.54) is 4.90 Å². The van der Waals surface area contributed by atoms with Crippen LogP contribution in [0.1, 0.15) is 19.3 Å². The van der Waals surface area contributed by atoms with Crippen molar-refractivity contribution in [2.45, 2.75) is 25.3 Å². The number of likely N-dealkylation sites (N-methyl/N-ethyl adjacent to an activating group) is 1. The molecule has 1 aliphatic rings. The van der Waals surface area contributed by atoms with Crippen LogP contribution < -0.4 is 5.73 Å². The molecule has 0 unspecified atom stereocenters. The van der Waals surface area contributed by atoms with E-state index < -0.39 is 6.04 Å². The molecule has 1 heterocycles. The van der Waals surface area contributed by atoms with Crippen LogP contribution in [0.3, 0.4) is 0 Å². The summed E-state index contributed by atoms with van der Waals surface area (Å²) in [6, 6.07) is -0.492. The summed E-state index contributed by atoms with van der Waals surface area (Å²) in [4.78, 5) is 27.1. The molecule has 1 rings (SSSR count). The molecule has 6 heteroatoms. The number of likely N-dealkylation sites (tertiary alicyclic amines) is 1. The van der Waals surface area contributed by atoms with Crippen molar-refractivity contribution in [1.82, 2.24) is 9.80 Å². The summed E-state index contributed by atoms with van der Waals surface area (Å²) in [6.07, 6.45) is 4.77. The number of carbonyl (C=O) groups is 2. The van der Waals surface area contributed by atoms with E-state index in [1.54, 1.807) is 18.8 Å². The number of nitrogens with two attached hydrogens (primary N) is 1. The average molecular weight is 273 g/mol. The lowest BCUT2D eigenvalue weighted by molar-refractivity contribution is -0.139. The summed E-state index contributed by atoms with van der Waals surface area (Å²) < 4.78 is 0. The maximum absolute atomic E-state index is 11.9. The first-order valence-electron chi connectivity index (χ1n) is 6.33. The van der Waals surface area contributed by atoms with Crippen LogP contribution in [0.4, 0.5) is 0 Å². The Balaban J connectivity index is 2.36. The maximum atomic E-state index is 11.9. The molecule has 0 aliphatic carbocycles. The highest BCUT2D eigenvalue weighted by Crippen LogP contribution is 2.08. The number of nitrogens with zero attached hydrogens (tertiary/aromatic N) is 2. The minimum Gasteiger partial charge on any atom is -0.341 e. The van der Waals surface area contributed by atoms with E-state index in [2.05, 4.69) is 0 Å². The smallest absolute Gasteiger partial charge is 0.242 e. The fourth-order valence-corrected chi connectivity index (χ4v) is 2.49. The normalized spacial score (nSPS) is 16.7.